The number of rotatable bonds is 4. The molecule has 2 aliphatic rings. The Morgan fingerprint density at radius 3 is 2.90 bits per heavy atom. The molecule has 0 aromatic carbocycles. The molecule has 0 bridgehead atoms. The molecule has 3 heterocycles. The zero-order valence-electron chi connectivity index (χ0n) is 12.0. The number of carbonyl (C=O) groups excluding carboxylic acids is 3. The van der Waals surface area contributed by atoms with Crippen LogP contribution in [0.25, 0.3) is 0 Å². The molecule has 3 rings (SSSR count). The minimum absolute atomic E-state index is 0.0125. The molecule has 1 aromatic rings. The topological polar surface area (TPSA) is 57.7 Å². The number of fused-ring (bicyclic) bond motifs is 1. The zero-order chi connectivity index (χ0) is 15.0. The molecule has 112 valence electrons. The summed E-state index contributed by atoms with van der Waals surface area (Å²) in [4.78, 5) is 41.6. The SMILES string of the molecule is CCc1ccc(C(=O)CN2CC(=O)N3CCCC3C2=O)s1. The number of nitrogens with zero attached hydrogens (tertiary/aromatic N) is 2. The Bertz CT molecular complexity index is 595. The summed E-state index contributed by atoms with van der Waals surface area (Å²) >= 11 is 1.47. The van der Waals surface area contributed by atoms with Crippen LogP contribution in [0.5, 0.6) is 0 Å². The summed E-state index contributed by atoms with van der Waals surface area (Å²) in [7, 11) is 0. The summed E-state index contributed by atoms with van der Waals surface area (Å²) in [6, 6.07) is 3.41. The quantitative estimate of drug-likeness (QED) is 0.789. The smallest absolute Gasteiger partial charge is 0.246 e. The van der Waals surface area contributed by atoms with Crippen LogP contribution < -0.4 is 0 Å². The van der Waals surface area contributed by atoms with Gasteiger partial charge in [-0.25, -0.2) is 0 Å². The van der Waals surface area contributed by atoms with Gasteiger partial charge < -0.3 is 9.80 Å². The predicted molar refractivity (Wildman–Crippen MR) is 79.3 cm³/mol. The van der Waals surface area contributed by atoms with Crippen molar-refractivity contribution < 1.29 is 14.4 Å². The summed E-state index contributed by atoms with van der Waals surface area (Å²) in [5, 5.41) is 0. The number of amides is 2. The largest absolute Gasteiger partial charge is 0.329 e. The average Bonchev–Trinajstić information content (AvgIpc) is 3.13. The molecule has 0 aliphatic carbocycles. The third-order valence-electron chi connectivity index (χ3n) is 4.12. The summed E-state index contributed by atoms with van der Waals surface area (Å²) in [6.07, 6.45) is 2.49. The number of thiophene rings is 1. The summed E-state index contributed by atoms with van der Waals surface area (Å²) in [5.74, 6) is -0.189. The van der Waals surface area contributed by atoms with Crippen LogP contribution in [0.3, 0.4) is 0 Å². The molecule has 6 heteroatoms. The van der Waals surface area contributed by atoms with E-state index in [1.165, 1.54) is 16.2 Å². The van der Waals surface area contributed by atoms with Crippen molar-refractivity contribution in [1.29, 1.82) is 0 Å². The molecule has 1 unspecified atom stereocenters. The van der Waals surface area contributed by atoms with Crippen molar-refractivity contribution in [1.82, 2.24) is 9.80 Å². The van der Waals surface area contributed by atoms with E-state index in [9.17, 15) is 14.4 Å². The van der Waals surface area contributed by atoms with Gasteiger partial charge in [0.15, 0.2) is 5.78 Å². The van der Waals surface area contributed by atoms with Gasteiger partial charge in [-0.15, -0.1) is 11.3 Å². The average molecular weight is 306 g/mol. The lowest BCUT2D eigenvalue weighted by atomic mass is 10.1. The zero-order valence-corrected chi connectivity index (χ0v) is 12.8. The van der Waals surface area contributed by atoms with Crippen molar-refractivity contribution >= 4 is 28.9 Å². The molecule has 1 atom stereocenters. The van der Waals surface area contributed by atoms with E-state index in [1.54, 1.807) is 4.90 Å². The maximum Gasteiger partial charge on any atom is 0.246 e. The first-order valence-corrected chi connectivity index (χ1v) is 8.12. The molecule has 21 heavy (non-hydrogen) atoms. The second-order valence-electron chi connectivity index (χ2n) is 5.48. The maximum atomic E-state index is 12.4. The standard InChI is InChI=1S/C15H18N2O3S/c1-2-10-5-6-13(21-10)12(18)8-16-9-14(19)17-7-3-4-11(17)15(16)20/h5-6,11H,2-4,7-9H2,1H3. The Balaban J connectivity index is 1.70. The number of hydrogen-bond acceptors (Lipinski definition) is 4. The number of piperazine rings is 1. The molecule has 1 aromatic heterocycles. The first-order chi connectivity index (χ1) is 10.1. The lowest BCUT2D eigenvalue weighted by molar-refractivity contribution is -0.152. The Kier molecular flexibility index (Phi) is 3.80. The van der Waals surface area contributed by atoms with Gasteiger partial charge >= 0.3 is 0 Å². The Morgan fingerprint density at radius 2 is 2.19 bits per heavy atom. The lowest BCUT2D eigenvalue weighted by Gasteiger charge is -2.35. The van der Waals surface area contributed by atoms with Crippen molar-refractivity contribution in [3.8, 4) is 0 Å². The molecule has 0 N–H and O–H groups in total. The van der Waals surface area contributed by atoms with Gasteiger partial charge in [-0.1, -0.05) is 6.92 Å². The van der Waals surface area contributed by atoms with Crippen molar-refractivity contribution in [3.63, 3.8) is 0 Å². The van der Waals surface area contributed by atoms with Crippen LogP contribution in [-0.4, -0.2) is 53.1 Å². The van der Waals surface area contributed by atoms with Crippen LogP contribution >= 0.6 is 11.3 Å². The van der Waals surface area contributed by atoms with Gasteiger partial charge in [0.1, 0.15) is 12.6 Å². The molecule has 2 amide bonds. The van der Waals surface area contributed by atoms with Crippen LogP contribution in [0, 0.1) is 0 Å². The molecule has 0 saturated carbocycles. The molecule has 0 spiro atoms. The number of Topliss-reactive ketones (excluding diaryl/α,β-unsaturated/α-hetero) is 1. The van der Waals surface area contributed by atoms with E-state index in [-0.39, 0.29) is 36.7 Å². The number of hydrogen-bond donors (Lipinski definition) is 0. The van der Waals surface area contributed by atoms with Crippen molar-refractivity contribution in [2.75, 3.05) is 19.6 Å². The molecule has 5 nitrogen and oxygen atoms in total. The summed E-state index contributed by atoms with van der Waals surface area (Å²) < 4.78 is 0. The van der Waals surface area contributed by atoms with E-state index in [0.717, 1.165) is 17.7 Å². The first-order valence-electron chi connectivity index (χ1n) is 7.30. The second kappa shape index (κ2) is 5.60. The molecule has 2 aliphatic heterocycles. The van der Waals surface area contributed by atoms with Gasteiger partial charge in [0.05, 0.1) is 11.4 Å². The molecular weight excluding hydrogens is 288 g/mol. The molecular formula is C15H18N2O3S. The van der Waals surface area contributed by atoms with Crippen LogP contribution in [0.15, 0.2) is 12.1 Å². The van der Waals surface area contributed by atoms with E-state index in [0.29, 0.717) is 17.8 Å². The van der Waals surface area contributed by atoms with E-state index < -0.39 is 0 Å². The third-order valence-corrected chi connectivity index (χ3v) is 5.39. The molecule has 2 saturated heterocycles. The first kappa shape index (κ1) is 14.3. The van der Waals surface area contributed by atoms with Gasteiger partial charge in [0.2, 0.25) is 11.8 Å². The maximum absolute atomic E-state index is 12.4. The van der Waals surface area contributed by atoms with Crippen LogP contribution in [0.2, 0.25) is 0 Å². The predicted octanol–water partition coefficient (Wildman–Crippen LogP) is 1.33. The monoisotopic (exact) mass is 306 g/mol. The van der Waals surface area contributed by atoms with Crippen LogP contribution in [0.4, 0.5) is 0 Å². The van der Waals surface area contributed by atoms with Crippen molar-refractivity contribution in [2.45, 2.75) is 32.2 Å². The highest BCUT2D eigenvalue weighted by Crippen LogP contribution is 2.24. The number of ketones is 1. The summed E-state index contributed by atoms with van der Waals surface area (Å²) in [5.41, 5.74) is 0. The van der Waals surface area contributed by atoms with Gasteiger partial charge in [0.25, 0.3) is 0 Å². The highest BCUT2D eigenvalue weighted by molar-refractivity contribution is 7.14. The van der Waals surface area contributed by atoms with Crippen molar-refractivity contribution in [3.05, 3.63) is 21.9 Å². The Labute approximate surface area is 127 Å². The minimum atomic E-state index is -0.339. The normalized spacial score (nSPS) is 21.9. The highest BCUT2D eigenvalue weighted by atomic mass is 32.1. The molecule has 2 fully saturated rings. The van der Waals surface area contributed by atoms with E-state index in [1.807, 2.05) is 19.1 Å². The van der Waals surface area contributed by atoms with Crippen molar-refractivity contribution in [2.24, 2.45) is 0 Å². The van der Waals surface area contributed by atoms with Crippen LogP contribution in [-0.2, 0) is 16.0 Å². The number of aryl methyl sites for hydroxylation is 1. The third kappa shape index (κ3) is 2.60. The fourth-order valence-corrected chi connectivity index (χ4v) is 3.84. The number of carbonyl (C=O) groups is 3. The Hall–Kier alpha value is -1.69. The second-order valence-corrected chi connectivity index (χ2v) is 6.65. The van der Waals surface area contributed by atoms with Crippen LogP contribution in [0.1, 0.15) is 34.3 Å². The lowest BCUT2D eigenvalue weighted by Crippen LogP contribution is -2.58. The highest BCUT2D eigenvalue weighted by Gasteiger charge is 2.42. The fraction of sp³-hybridized carbons (Fsp3) is 0.533. The van der Waals surface area contributed by atoms with Gasteiger partial charge in [0, 0.05) is 11.4 Å². The Morgan fingerprint density at radius 1 is 1.38 bits per heavy atom. The minimum Gasteiger partial charge on any atom is -0.329 e. The van der Waals surface area contributed by atoms with Gasteiger partial charge in [-0.2, -0.15) is 0 Å². The van der Waals surface area contributed by atoms with E-state index >= 15 is 0 Å². The van der Waals surface area contributed by atoms with E-state index in [4.69, 9.17) is 0 Å². The van der Waals surface area contributed by atoms with Gasteiger partial charge in [-0.3, -0.25) is 14.4 Å². The summed E-state index contributed by atoms with van der Waals surface area (Å²) in [6.45, 7) is 2.76. The molecule has 0 radical (unpaired) electrons. The van der Waals surface area contributed by atoms with E-state index in [2.05, 4.69) is 0 Å². The van der Waals surface area contributed by atoms with Gasteiger partial charge in [-0.05, 0) is 31.4 Å². The fourth-order valence-electron chi connectivity index (χ4n) is 2.97.